The Labute approximate surface area is 84.6 Å². The van der Waals surface area contributed by atoms with E-state index in [1.54, 1.807) is 0 Å². The maximum atomic E-state index is 12.5. The van der Waals surface area contributed by atoms with Crippen LogP contribution >= 0.6 is 0 Å². The van der Waals surface area contributed by atoms with E-state index in [0.29, 0.717) is 0 Å². The summed E-state index contributed by atoms with van der Waals surface area (Å²) in [5.41, 5.74) is -1.52. The molecule has 0 aliphatic heterocycles. The van der Waals surface area contributed by atoms with Crippen molar-refractivity contribution < 1.29 is 13.2 Å². The van der Waals surface area contributed by atoms with Gasteiger partial charge in [0.15, 0.2) is 0 Å². The van der Waals surface area contributed by atoms with Crippen molar-refractivity contribution in [2.45, 2.75) is 19.0 Å². The molecule has 0 saturated heterocycles. The number of nitrogens with zero attached hydrogens (tertiary/aromatic N) is 2. The maximum absolute atomic E-state index is 12.5. The molecule has 0 atom stereocenters. The summed E-state index contributed by atoms with van der Waals surface area (Å²) < 4.78 is 37.4. The second kappa shape index (κ2) is 3.23. The van der Waals surface area contributed by atoms with Crippen LogP contribution in [0, 0.1) is 17.3 Å². The van der Waals surface area contributed by atoms with Crippen molar-refractivity contribution in [2.75, 3.05) is 0 Å². The summed E-state index contributed by atoms with van der Waals surface area (Å²) in [7, 11) is 0. The fourth-order valence-electron chi connectivity index (χ4n) is 1.15. The molecule has 15 heavy (non-hydrogen) atoms. The van der Waals surface area contributed by atoms with E-state index < -0.39 is 11.6 Å². The van der Waals surface area contributed by atoms with E-state index in [0.717, 1.165) is 0 Å². The van der Waals surface area contributed by atoms with Crippen LogP contribution in [-0.2, 0) is 0 Å². The molecule has 0 aromatic carbocycles. The van der Waals surface area contributed by atoms with Gasteiger partial charge in [0.2, 0.25) is 0 Å². The SMILES string of the molecule is FC(F)(F)C1(C#Cc2cnccn2)CC1. The Hall–Kier alpha value is -1.57. The Morgan fingerprint density at radius 3 is 2.47 bits per heavy atom. The first-order chi connectivity index (χ1) is 7.04. The van der Waals surface area contributed by atoms with Crippen molar-refractivity contribution in [2.24, 2.45) is 5.41 Å². The lowest BCUT2D eigenvalue weighted by molar-refractivity contribution is -0.168. The maximum Gasteiger partial charge on any atom is 0.405 e. The number of alkyl halides is 3. The van der Waals surface area contributed by atoms with Gasteiger partial charge in [0, 0.05) is 12.4 Å². The van der Waals surface area contributed by atoms with Crippen molar-refractivity contribution in [3.8, 4) is 11.8 Å². The summed E-state index contributed by atoms with van der Waals surface area (Å²) in [6.45, 7) is 0. The first-order valence-electron chi connectivity index (χ1n) is 4.39. The number of halogens is 3. The summed E-state index contributed by atoms with van der Waals surface area (Å²) in [4.78, 5) is 7.51. The van der Waals surface area contributed by atoms with Crippen LogP contribution in [0.2, 0.25) is 0 Å². The largest absolute Gasteiger partial charge is 0.405 e. The third-order valence-corrected chi connectivity index (χ3v) is 2.29. The highest BCUT2D eigenvalue weighted by Gasteiger charge is 2.62. The predicted octanol–water partition coefficient (Wildman–Crippen LogP) is 2.17. The zero-order valence-corrected chi connectivity index (χ0v) is 7.67. The lowest BCUT2D eigenvalue weighted by Crippen LogP contribution is -2.22. The van der Waals surface area contributed by atoms with Gasteiger partial charge < -0.3 is 0 Å². The van der Waals surface area contributed by atoms with Crippen molar-refractivity contribution in [3.63, 3.8) is 0 Å². The molecule has 2 nitrogen and oxygen atoms in total. The molecule has 5 heteroatoms. The van der Waals surface area contributed by atoms with Crippen molar-refractivity contribution in [1.29, 1.82) is 0 Å². The molecular weight excluding hydrogens is 205 g/mol. The van der Waals surface area contributed by atoms with Gasteiger partial charge in [-0.25, -0.2) is 4.98 Å². The van der Waals surface area contributed by atoms with Crippen molar-refractivity contribution in [1.82, 2.24) is 9.97 Å². The van der Waals surface area contributed by atoms with Gasteiger partial charge in [-0.3, -0.25) is 4.98 Å². The van der Waals surface area contributed by atoms with Crippen LogP contribution in [0.1, 0.15) is 18.5 Å². The van der Waals surface area contributed by atoms with Crippen LogP contribution in [0.3, 0.4) is 0 Å². The molecular formula is C10H7F3N2. The van der Waals surface area contributed by atoms with Gasteiger partial charge >= 0.3 is 6.18 Å². The van der Waals surface area contributed by atoms with E-state index in [1.165, 1.54) is 18.6 Å². The molecule has 2 rings (SSSR count). The standard InChI is InChI=1S/C10H7F3N2/c11-10(12,13)9(3-4-9)2-1-8-7-14-5-6-15-8/h5-7H,3-4H2. The average molecular weight is 212 g/mol. The second-order valence-electron chi connectivity index (χ2n) is 3.42. The van der Waals surface area contributed by atoms with Crippen LogP contribution in [0.5, 0.6) is 0 Å². The average Bonchev–Trinajstić information content (AvgIpc) is 2.96. The molecule has 1 heterocycles. The number of hydrogen-bond donors (Lipinski definition) is 0. The van der Waals surface area contributed by atoms with Gasteiger partial charge in [-0.2, -0.15) is 13.2 Å². The normalized spacial score (nSPS) is 17.8. The van der Waals surface area contributed by atoms with E-state index in [4.69, 9.17) is 0 Å². The van der Waals surface area contributed by atoms with Crippen LogP contribution in [0.25, 0.3) is 0 Å². The third-order valence-electron chi connectivity index (χ3n) is 2.29. The molecule has 0 N–H and O–H groups in total. The quantitative estimate of drug-likeness (QED) is 0.616. The fraction of sp³-hybridized carbons (Fsp3) is 0.400. The van der Waals surface area contributed by atoms with E-state index in [9.17, 15) is 13.2 Å². The Morgan fingerprint density at radius 1 is 1.27 bits per heavy atom. The summed E-state index contributed by atoms with van der Waals surface area (Å²) in [5, 5.41) is 0. The Balaban J connectivity index is 2.20. The summed E-state index contributed by atoms with van der Waals surface area (Å²) in [5.74, 6) is 4.66. The summed E-state index contributed by atoms with van der Waals surface area (Å²) in [6.07, 6.45) is 0.133. The lowest BCUT2D eigenvalue weighted by atomic mass is 10.1. The van der Waals surface area contributed by atoms with Gasteiger partial charge in [-0.1, -0.05) is 5.92 Å². The van der Waals surface area contributed by atoms with Gasteiger partial charge in [-0.15, -0.1) is 0 Å². The molecule has 1 saturated carbocycles. The lowest BCUT2D eigenvalue weighted by Gasteiger charge is -2.11. The van der Waals surface area contributed by atoms with Crippen molar-refractivity contribution >= 4 is 0 Å². The highest BCUT2D eigenvalue weighted by Crippen LogP contribution is 2.57. The van der Waals surface area contributed by atoms with Gasteiger partial charge in [0.1, 0.15) is 11.1 Å². The molecule has 0 amide bonds. The Morgan fingerprint density at radius 2 is 2.00 bits per heavy atom. The minimum absolute atomic E-state index is 0.0871. The molecule has 78 valence electrons. The first-order valence-corrected chi connectivity index (χ1v) is 4.39. The topological polar surface area (TPSA) is 25.8 Å². The zero-order chi connectivity index (χ0) is 10.9. The van der Waals surface area contributed by atoms with E-state index in [1.807, 2.05) is 0 Å². The number of rotatable bonds is 0. The van der Waals surface area contributed by atoms with E-state index >= 15 is 0 Å². The second-order valence-corrected chi connectivity index (χ2v) is 3.42. The monoisotopic (exact) mass is 212 g/mol. The molecule has 0 radical (unpaired) electrons. The Kier molecular flexibility index (Phi) is 2.14. The minimum Gasteiger partial charge on any atom is -0.260 e. The predicted molar refractivity (Wildman–Crippen MR) is 46.6 cm³/mol. The molecule has 0 bridgehead atoms. The van der Waals surface area contributed by atoms with Crippen molar-refractivity contribution in [3.05, 3.63) is 24.3 Å². The van der Waals surface area contributed by atoms with Crippen LogP contribution in [0.4, 0.5) is 13.2 Å². The molecule has 0 unspecified atom stereocenters. The van der Waals surface area contributed by atoms with Crippen LogP contribution in [0.15, 0.2) is 18.6 Å². The molecule has 1 aliphatic rings. The highest BCUT2D eigenvalue weighted by atomic mass is 19.4. The van der Waals surface area contributed by atoms with Crippen LogP contribution < -0.4 is 0 Å². The molecule has 1 aromatic heterocycles. The highest BCUT2D eigenvalue weighted by molar-refractivity contribution is 5.31. The fourth-order valence-corrected chi connectivity index (χ4v) is 1.15. The van der Waals surface area contributed by atoms with Gasteiger partial charge in [-0.05, 0) is 18.8 Å². The van der Waals surface area contributed by atoms with E-state index in [2.05, 4.69) is 21.8 Å². The van der Waals surface area contributed by atoms with Gasteiger partial charge in [0.05, 0.1) is 6.20 Å². The minimum atomic E-state index is -4.23. The zero-order valence-electron chi connectivity index (χ0n) is 7.67. The summed E-state index contributed by atoms with van der Waals surface area (Å²) in [6, 6.07) is 0. The third kappa shape index (κ3) is 1.94. The van der Waals surface area contributed by atoms with Crippen LogP contribution in [-0.4, -0.2) is 16.1 Å². The summed E-state index contributed by atoms with van der Waals surface area (Å²) >= 11 is 0. The molecule has 1 aromatic rings. The molecule has 1 aliphatic carbocycles. The number of aromatic nitrogens is 2. The molecule has 1 fully saturated rings. The smallest absolute Gasteiger partial charge is 0.260 e. The van der Waals surface area contributed by atoms with Gasteiger partial charge in [0.25, 0.3) is 0 Å². The molecule has 0 spiro atoms. The van der Waals surface area contributed by atoms with E-state index in [-0.39, 0.29) is 18.5 Å². The first kappa shape index (κ1) is 9.97. The Bertz CT molecular complexity index is 410. The number of hydrogen-bond acceptors (Lipinski definition) is 2.